The predicted octanol–water partition coefficient (Wildman–Crippen LogP) is 1.94. The standard InChI is InChI=1S/C11H14INO2/c1-2-15-11(14)8-13-7-9-5-3-4-6-10(9)12/h3-6,13H,2,7-8H2,1H3. The summed E-state index contributed by atoms with van der Waals surface area (Å²) in [7, 11) is 0. The Kier molecular flexibility index (Phi) is 5.63. The lowest BCUT2D eigenvalue weighted by Crippen LogP contribution is -2.24. The molecule has 0 aromatic heterocycles. The summed E-state index contributed by atoms with van der Waals surface area (Å²) in [5.74, 6) is -0.205. The average molecular weight is 319 g/mol. The molecule has 0 saturated carbocycles. The molecule has 1 rings (SSSR count). The summed E-state index contributed by atoms with van der Waals surface area (Å²) < 4.78 is 6.01. The van der Waals surface area contributed by atoms with Gasteiger partial charge >= 0.3 is 5.97 Å². The maximum Gasteiger partial charge on any atom is 0.319 e. The van der Waals surface area contributed by atoms with Gasteiger partial charge in [-0.15, -0.1) is 0 Å². The predicted molar refractivity (Wildman–Crippen MR) is 67.5 cm³/mol. The molecule has 0 fully saturated rings. The zero-order chi connectivity index (χ0) is 11.1. The number of hydrogen-bond acceptors (Lipinski definition) is 3. The lowest BCUT2D eigenvalue weighted by molar-refractivity contribution is -0.142. The van der Waals surface area contributed by atoms with Crippen molar-refractivity contribution in [2.45, 2.75) is 13.5 Å². The quantitative estimate of drug-likeness (QED) is 0.666. The van der Waals surface area contributed by atoms with Crippen molar-refractivity contribution < 1.29 is 9.53 Å². The van der Waals surface area contributed by atoms with E-state index < -0.39 is 0 Å². The van der Waals surface area contributed by atoms with Gasteiger partial charge in [-0.05, 0) is 41.1 Å². The molecule has 0 unspecified atom stereocenters. The maximum absolute atomic E-state index is 11.0. The molecule has 0 amide bonds. The smallest absolute Gasteiger partial charge is 0.319 e. The van der Waals surface area contributed by atoms with Crippen LogP contribution in [0.15, 0.2) is 24.3 Å². The van der Waals surface area contributed by atoms with Gasteiger partial charge in [-0.3, -0.25) is 4.79 Å². The van der Waals surface area contributed by atoms with Crippen LogP contribution in [0.2, 0.25) is 0 Å². The minimum atomic E-state index is -0.205. The Morgan fingerprint density at radius 3 is 2.87 bits per heavy atom. The van der Waals surface area contributed by atoms with Gasteiger partial charge in [0.1, 0.15) is 0 Å². The van der Waals surface area contributed by atoms with E-state index in [4.69, 9.17) is 4.74 Å². The second-order valence-corrected chi connectivity index (χ2v) is 4.16. The van der Waals surface area contributed by atoms with E-state index >= 15 is 0 Å². The number of halogens is 1. The van der Waals surface area contributed by atoms with Crippen LogP contribution in [0.3, 0.4) is 0 Å². The Morgan fingerprint density at radius 2 is 2.20 bits per heavy atom. The molecule has 4 heteroatoms. The number of carbonyl (C=O) groups excluding carboxylic acids is 1. The molecule has 0 aliphatic heterocycles. The highest BCUT2D eigenvalue weighted by Crippen LogP contribution is 2.10. The van der Waals surface area contributed by atoms with Crippen molar-refractivity contribution in [3.63, 3.8) is 0 Å². The zero-order valence-electron chi connectivity index (χ0n) is 8.63. The lowest BCUT2D eigenvalue weighted by Gasteiger charge is -2.06. The first-order valence-electron chi connectivity index (χ1n) is 4.83. The van der Waals surface area contributed by atoms with Crippen LogP contribution in [0.4, 0.5) is 0 Å². The summed E-state index contributed by atoms with van der Waals surface area (Å²) in [6.45, 7) is 3.19. The van der Waals surface area contributed by atoms with Gasteiger partial charge in [-0.1, -0.05) is 18.2 Å². The first-order chi connectivity index (χ1) is 7.24. The highest BCUT2D eigenvalue weighted by atomic mass is 127. The largest absolute Gasteiger partial charge is 0.465 e. The van der Waals surface area contributed by atoms with Crippen molar-refractivity contribution >= 4 is 28.6 Å². The van der Waals surface area contributed by atoms with Crippen molar-refractivity contribution in [2.75, 3.05) is 13.2 Å². The van der Waals surface area contributed by atoms with Crippen LogP contribution in [0.1, 0.15) is 12.5 Å². The molecule has 1 aromatic rings. The van der Waals surface area contributed by atoms with Crippen LogP contribution < -0.4 is 5.32 Å². The summed E-state index contributed by atoms with van der Waals surface area (Å²) in [6, 6.07) is 8.07. The van der Waals surface area contributed by atoms with Crippen molar-refractivity contribution in [3.8, 4) is 0 Å². The molecule has 0 aliphatic rings. The third-order valence-electron chi connectivity index (χ3n) is 1.85. The van der Waals surface area contributed by atoms with Crippen LogP contribution in [0.25, 0.3) is 0 Å². The fourth-order valence-corrected chi connectivity index (χ4v) is 1.73. The van der Waals surface area contributed by atoms with Gasteiger partial charge < -0.3 is 10.1 Å². The van der Waals surface area contributed by atoms with Crippen molar-refractivity contribution in [1.29, 1.82) is 0 Å². The molecule has 1 N–H and O–H groups in total. The first-order valence-corrected chi connectivity index (χ1v) is 5.91. The number of carbonyl (C=O) groups is 1. The minimum absolute atomic E-state index is 0.205. The molecule has 82 valence electrons. The summed E-state index contributed by atoms with van der Waals surface area (Å²) in [6.07, 6.45) is 0. The van der Waals surface area contributed by atoms with Crippen LogP contribution >= 0.6 is 22.6 Å². The molecule has 3 nitrogen and oxygen atoms in total. The molecule has 0 spiro atoms. The van der Waals surface area contributed by atoms with Gasteiger partial charge in [0.2, 0.25) is 0 Å². The number of ether oxygens (including phenoxy) is 1. The fourth-order valence-electron chi connectivity index (χ4n) is 1.15. The van der Waals surface area contributed by atoms with Gasteiger partial charge in [-0.2, -0.15) is 0 Å². The Hall–Kier alpha value is -0.620. The summed E-state index contributed by atoms with van der Waals surface area (Å²) >= 11 is 2.28. The molecule has 15 heavy (non-hydrogen) atoms. The SMILES string of the molecule is CCOC(=O)CNCc1ccccc1I. The van der Waals surface area contributed by atoms with E-state index in [0.717, 1.165) is 0 Å². The molecule has 1 aromatic carbocycles. The third kappa shape index (κ3) is 4.61. The van der Waals surface area contributed by atoms with E-state index in [9.17, 15) is 4.79 Å². The monoisotopic (exact) mass is 319 g/mol. The molecule has 0 heterocycles. The highest BCUT2D eigenvalue weighted by molar-refractivity contribution is 14.1. The van der Waals surface area contributed by atoms with Crippen molar-refractivity contribution in [3.05, 3.63) is 33.4 Å². The van der Waals surface area contributed by atoms with Crippen molar-refractivity contribution in [2.24, 2.45) is 0 Å². The zero-order valence-corrected chi connectivity index (χ0v) is 10.8. The van der Waals surface area contributed by atoms with Gasteiger partial charge in [0.15, 0.2) is 0 Å². The molecule has 0 aliphatic carbocycles. The second-order valence-electron chi connectivity index (χ2n) is 3.00. The van der Waals surface area contributed by atoms with Crippen molar-refractivity contribution in [1.82, 2.24) is 5.32 Å². The number of hydrogen-bond donors (Lipinski definition) is 1. The average Bonchev–Trinajstić information content (AvgIpc) is 2.21. The third-order valence-corrected chi connectivity index (χ3v) is 2.90. The van der Waals surface area contributed by atoms with Gasteiger partial charge in [0.25, 0.3) is 0 Å². The van der Waals surface area contributed by atoms with Gasteiger partial charge in [0.05, 0.1) is 13.2 Å². The van der Waals surface area contributed by atoms with Crippen LogP contribution in [-0.2, 0) is 16.1 Å². The number of benzene rings is 1. The first kappa shape index (κ1) is 12.4. The topological polar surface area (TPSA) is 38.3 Å². The summed E-state index contributed by atoms with van der Waals surface area (Å²) in [4.78, 5) is 11.0. The van der Waals surface area contributed by atoms with E-state index in [2.05, 4.69) is 27.9 Å². The fraction of sp³-hybridized carbons (Fsp3) is 0.364. The maximum atomic E-state index is 11.0. The molecule has 0 radical (unpaired) electrons. The Labute approximate surface area is 103 Å². The highest BCUT2D eigenvalue weighted by Gasteiger charge is 2.01. The van der Waals surface area contributed by atoms with E-state index in [1.807, 2.05) is 24.3 Å². The molecule has 0 bridgehead atoms. The minimum Gasteiger partial charge on any atom is -0.465 e. The van der Waals surface area contributed by atoms with E-state index in [-0.39, 0.29) is 12.5 Å². The van der Waals surface area contributed by atoms with Crippen LogP contribution in [0, 0.1) is 3.57 Å². The van der Waals surface area contributed by atoms with Gasteiger partial charge in [-0.25, -0.2) is 0 Å². The lowest BCUT2D eigenvalue weighted by atomic mass is 10.2. The summed E-state index contributed by atoms with van der Waals surface area (Å²) in [5, 5.41) is 3.05. The van der Waals surface area contributed by atoms with E-state index in [1.54, 1.807) is 6.92 Å². The van der Waals surface area contributed by atoms with Crippen LogP contribution in [0.5, 0.6) is 0 Å². The molecular weight excluding hydrogens is 305 g/mol. The number of esters is 1. The normalized spacial score (nSPS) is 10.0. The van der Waals surface area contributed by atoms with Crippen LogP contribution in [-0.4, -0.2) is 19.1 Å². The Bertz CT molecular complexity index is 328. The number of nitrogens with one attached hydrogen (secondary N) is 1. The molecular formula is C11H14INO2. The Balaban J connectivity index is 2.32. The Morgan fingerprint density at radius 1 is 1.47 bits per heavy atom. The van der Waals surface area contributed by atoms with E-state index in [1.165, 1.54) is 9.13 Å². The van der Waals surface area contributed by atoms with Gasteiger partial charge in [0, 0.05) is 10.1 Å². The number of rotatable bonds is 5. The molecule has 0 atom stereocenters. The van der Waals surface area contributed by atoms with E-state index in [0.29, 0.717) is 13.2 Å². The molecule has 0 saturated heterocycles. The second kappa shape index (κ2) is 6.79. The summed E-state index contributed by atoms with van der Waals surface area (Å²) in [5.41, 5.74) is 1.20.